The first-order chi connectivity index (χ1) is 8.25. The summed E-state index contributed by atoms with van der Waals surface area (Å²) in [6, 6.07) is 0. The van der Waals surface area contributed by atoms with E-state index in [-0.39, 0.29) is 0 Å². The minimum atomic E-state index is 0.927. The van der Waals surface area contributed by atoms with E-state index in [1.807, 2.05) is 0 Å². The zero-order chi connectivity index (χ0) is 11.8. The number of hydrogen-bond donors (Lipinski definition) is 1. The van der Waals surface area contributed by atoms with E-state index < -0.39 is 0 Å². The molecular formula is C12H21N5. The van der Waals surface area contributed by atoms with Crippen molar-refractivity contribution in [3.63, 3.8) is 0 Å². The van der Waals surface area contributed by atoms with Gasteiger partial charge in [0.15, 0.2) is 0 Å². The number of rotatable bonds is 1. The van der Waals surface area contributed by atoms with Gasteiger partial charge in [0.1, 0.15) is 5.82 Å². The standard InChI is InChI=1S/C12H21N5/c1-10-14-11-9-13-4-3-12(11)17(10)16-7-5-15(2)6-8-16/h13H,3-9H2,1-2H3. The maximum Gasteiger partial charge on any atom is 0.125 e. The quantitative estimate of drug-likeness (QED) is 0.726. The van der Waals surface area contributed by atoms with Crippen molar-refractivity contribution in [2.45, 2.75) is 19.9 Å². The molecule has 0 radical (unpaired) electrons. The van der Waals surface area contributed by atoms with Gasteiger partial charge in [0.25, 0.3) is 0 Å². The van der Waals surface area contributed by atoms with E-state index in [0.717, 1.165) is 51.5 Å². The molecule has 1 aromatic heterocycles. The third-order valence-corrected chi connectivity index (χ3v) is 3.79. The van der Waals surface area contributed by atoms with Crippen LogP contribution in [0.5, 0.6) is 0 Å². The molecule has 5 heteroatoms. The Morgan fingerprint density at radius 1 is 1.18 bits per heavy atom. The van der Waals surface area contributed by atoms with Gasteiger partial charge in [-0.25, -0.2) is 9.66 Å². The monoisotopic (exact) mass is 235 g/mol. The van der Waals surface area contributed by atoms with Crippen LogP contribution in [0.2, 0.25) is 0 Å². The van der Waals surface area contributed by atoms with Crippen LogP contribution in [0.3, 0.4) is 0 Å². The molecule has 0 aromatic carbocycles. The Bertz CT molecular complexity index is 403. The Balaban J connectivity index is 1.89. The minimum absolute atomic E-state index is 0.927. The van der Waals surface area contributed by atoms with Gasteiger partial charge in [-0.05, 0) is 14.0 Å². The second kappa shape index (κ2) is 4.31. The van der Waals surface area contributed by atoms with Crippen molar-refractivity contribution in [1.82, 2.24) is 19.9 Å². The molecule has 1 N–H and O–H groups in total. The number of imidazole rings is 1. The van der Waals surface area contributed by atoms with Crippen LogP contribution in [0.25, 0.3) is 0 Å². The number of likely N-dealkylation sites (N-methyl/N-ethyl adjacent to an activating group) is 1. The largest absolute Gasteiger partial charge is 0.311 e. The molecule has 3 rings (SSSR count). The van der Waals surface area contributed by atoms with Crippen molar-refractivity contribution < 1.29 is 0 Å². The predicted octanol–water partition coefficient (Wildman–Crippen LogP) is -0.279. The highest BCUT2D eigenvalue weighted by Gasteiger charge is 2.23. The minimum Gasteiger partial charge on any atom is -0.311 e. The van der Waals surface area contributed by atoms with Crippen molar-refractivity contribution in [2.75, 3.05) is 44.8 Å². The average molecular weight is 235 g/mol. The first-order valence-corrected chi connectivity index (χ1v) is 6.47. The fourth-order valence-corrected chi connectivity index (χ4v) is 2.80. The van der Waals surface area contributed by atoms with Crippen molar-refractivity contribution in [3.8, 4) is 0 Å². The Morgan fingerprint density at radius 3 is 2.71 bits per heavy atom. The van der Waals surface area contributed by atoms with Crippen LogP contribution in [0.1, 0.15) is 17.2 Å². The van der Waals surface area contributed by atoms with E-state index in [9.17, 15) is 0 Å². The van der Waals surface area contributed by atoms with Crippen molar-refractivity contribution in [3.05, 3.63) is 17.2 Å². The summed E-state index contributed by atoms with van der Waals surface area (Å²) < 4.78 is 2.36. The Labute approximate surface area is 102 Å². The van der Waals surface area contributed by atoms with Gasteiger partial charge in [-0.15, -0.1) is 0 Å². The lowest BCUT2D eigenvalue weighted by atomic mass is 10.2. The molecule has 0 amide bonds. The predicted molar refractivity (Wildman–Crippen MR) is 67.8 cm³/mol. The SMILES string of the molecule is Cc1nc2c(n1N1CCN(C)CC1)CCNC2. The molecule has 3 heterocycles. The van der Waals surface area contributed by atoms with Crippen LogP contribution < -0.4 is 10.3 Å². The fourth-order valence-electron chi connectivity index (χ4n) is 2.80. The maximum absolute atomic E-state index is 4.69. The summed E-state index contributed by atoms with van der Waals surface area (Å²) in [4.78, 5) is 7.08. The third-order valence-electron chi connectivity index (χ3n) is 3.79. The number of nitrogens with zero attached hydrogens (tertiary/aromatic N) is 4. The summed E-state index contributed by atoms with van der Waals surface area (Å²) in [6.45, 7) is 8.62. The summed E-state index contributed by atoms with van der Waals surface area (Å²) in [6.07, 6.45) is 1.10. The summed E-state index contributed by atoms with van der Waals surface area (Å²) in [5, 5.41) is 5.84. The van der Waals surface area contributed by atoms with Gasteiger partial charge in [0, 0.05) is 45.7 Å². The number of hydrogen-bond acceptors (Lipinski definition) is 4. The molecule has 94 valence electrons. The van der Waals surface area contributed by atoms with Crippen LogP contribution in [-0.2, 0) is 13.0 Å². The number of aryl methyl sites for hydroxylation is 1. The molecule has 5 nitrogen and oxygen atoms in total. The molecule has 0 aliphatic carbocycles. The molecule has 0 bridgehead atoms. The van der Waals surface area contributed by atoms with Crippen molar-refractivity contribution >= 4 is 0 Å². The smallest absolute Gasteiger partial charge is 0.125 e. The summed E-state index contributed by atoms with van der Waals surface area (Å²) >= 11 is 0. The van der Waals surface area contributed by atoms with Gasteiger partial charge in [-0.1, -0.05) is 0 Å². The lowest BCUT2D eigenvalue weighted by Crippen LogP contribution is -2.51. The van der Waals surface area contributed by atoms with E-state index in [2.05, 4.69) is 33.9 Å². The molecule has 1 saturated heterocycles. The van der Waals surface area contributed by atoms with Crippen LogP contribution in [0.4, 0.5) is 0 Å². The van der Waals surface area contributed by atoms with E-state index in [1.54, 1.807) is 0 Å². The molecule has 0 unspecified atom stereocenters. The summed E-state index contributed by atoms with van der Waals surface area (Å²) in [5.74, 6) is 1.14. The average Bonchev–Trinajstić information content (AvgIpc) is 2.66. The number of fused-ring (bicyclic) bond motifs is 1. The van der Waals surface area contributed by atoms with E-state index in [0.29, 0.717) is 0 Å². The summed E-state index contributed by atoms with van der Waals surface area (Å²) in [5.41, 5.74) is 2.67. The van der Waals surface area contributed by atoms with Gasteiger partial charge in [0.2, 0.25) is 0 Å². The highest BCUT2D eigenvalue weighted by Crippen LogP contribution is 2.17. The molecule has 1 fully saturated rings. The lowest BCUT2D eigenvalue weighted by Gasteiger charge is -2.36. The Morgan fingerprint density at radius 2 is 1.94 bits per heavy atom. The summed E-state index contributed by atoms with van der Waals surface area (Å²) in [7, 11) is 2.19. The molecule has 0 atom stereocenters. The number of nitrogens with one attached hydrogen (secondary N) is 1. The first-order valence-electron chi connectivity index (χ1n) is 6.47. The molecule has 2 aliphatic heterocycles. The Hall–Kier alpha value is -1.07. The molecule has 1 aromatic rings. The highest BCUT2D eigenvalue weighted by molar-refractivity contribution is 5.22. The molecular weight excluding hydrogens is 214 g/mol. The zero-order valence-corrected chi connectivity index (χ0v) is 10.7. The van der Waals surface area contributed by atoms with Gasteiger partial charge in [-0.2, -0.15) is 0 Å². The second-order valence-corrected chi connectivity index (χ2v) is 5.05. The van der Waals surface area contributed by atoms with Gasteiger partial charge >= 0.3 is 0 Å². The van der Waals surface area contributed by atoms with Crippen molar-refractivity contribution in [2.24, 2.45) is 0 Å². The van der Waals surface area contributed by atoms with Crippen molar-refractivity contribution in [1.29, 1.82) is 0 Å². The van der Waals surface area contributed by atoms with Crippen LogP contribution in [-0.4, -0.2) is 54.3 Å². The van der Waals surface area contributed by atoms with Gasteiger partial charge in [0.05, 0.1) is 11.4 Å². The Kier molecular flexibility index (Phi) is 2.80. The zero-order valence-electron chi connectivity index (χ0n) is 10.7. The number of aromatic nitrogens is 2. The molecule has 2 aliphatic rings. The number of piperazine rings is 1. The molecule has 0 spiro atoms. The van der Waals surface area contributed by atoms with E-state index in [1.165, 1.54) is 11.4 Å². The molecule has 0 saturated carbocycles. The van der Waals surface area contributed by atoms with E-state index in [4.69, 9.17) is 4.98 Å². The van der Waals surface area contributed by atoms with Crippen LogP contribution in [0.15, 0.2) is 0 Å². The normalized spacial score (nSPS) is 21.6. The third kappa shape index (κ3) is 1.93. The highest BCUT2D eigenvalue weighted by atomic mass is 15.6. The second-order valence-electron chi connectivity index (χ2n) is 5.05. The maximum atomic E-state index is 4.69. The van der Waals surface area contributed by atoms with E-state index >= 15 is 0 Å². The van der Waals surface area contributed by atoms with Gasteiger partial charge in [-0.3, -0.25) is 0 Å². The fraction of sp³-hybridized carbons (Fsp3) is 0.750. The lowest BCUT2D eigenvalue weighted by molar-refractivity contribution is 0.284. The topological polar surface area (TPSA) is 36.3 Å². The van der Waals surface area contributed by atoms with Crippen LogP contribution >= 0.6 is 0 Å². The first kappa shape index (κ1) is 11.0. The molecule has 17 heavy (non-hydrogen) atoms. The van der Waals surface area contributed by atoms with Gasteiger partial charge < -0.3 is 15.2 Å². The van der Waals surface area contributed by atoms with Crippen LogP contribution in [0, 0.1) is 6.92 Å².